The van der Waals surface area contributed by atoms with Crippen molar-refractivity contribution in [2.24, 2.45) is 5.92 Å². The molecule has 1 rings (SSSR count). The number of benzene rings is 1. The largest absolute Gasteiger partial charge is 0.314 e. The lowest BCUT2D eigenvalue weighted by Crippen LogP contribution is -2.31. The molecule has 1 aromatic carbocycles. The molecule has 1 aromatic rings. The molecular formula is C16H27N. The van der Waals surface area contributed by atoms with Crippen molar-refractivity contribution in [1.82, 2.24) is 5.32 Å². The minimum atomic E-state index is 0.629. The van der Waals surface area contributed by atoms with Gasteiger partial charge in [-0.25, -0.2) is 0 Å². The highest BCUT2D eigenvalue weighted by Crippen LogP contribution is 2.07. The van der Waals surface area contributed by atoms with Crippen LogP contribution in [0, 0.1) is 5.92 Å². The maximum absolute atomic E-state index is 3.67. The number of nitrogens with one attached hydrogen (secondary N) is 1. The third-order valence-electron chi connectivity index (χ3n) is 3.21. The van der Waals surface area contributed by atoms with Gasteiger partial charge >= 0.3 is 0 Å². The first-order valence-electron chi connectivity index (χ1n) is 6.99. The molecule has 0 spiro atoms. The standard InChI is InChI=1S/C16H27N/c1-4-16(17-12-8-9-14(2)3)13-15-10-6-5-7-11-15/h5-7,10-11,14,16-17H,4,8-9,12-13H2,1-3H3. The van der Waals surface area contributed by atoms with Crippen LogP contribution in [0.3, 0.4) is 0 Å². The van der Waals surface area contributed by atoms with Gasteiger partial charge in [-0.1, -0.05) is 51.1 Å². The van der Waals surface area contributed by atoms with E-state index in [0.29, 0.717) is 6.04 Å². The van der Waals surface area contributed by atoms with E-state index >= 15 is 0 Å². The summed E-state index contributed by atoms with van der Waals surface area (Å²) in [6.07, 6.45) is 4.98. The second kappa shape index (κ2) is 8.30. The molecule has 1 unspecified atom stereocenters. The van der Waals surface area contributed by atoms with Crippen LogP contribution in [0.5, 0.6) is 0 Å². The topological polar surface area (TPSA) is 12.0 Å². The van der Waals surface area contributed by atoms with Gasteiger partial charge in [-0.2, -0.15) is 0 Å². The van der Waals surface area contributed by atoms with Gasteiger partial charge in [0.25, 0.3) is 0 Å². The van der Waals surface area contributed by atoms with E-state index in [9.17, 15) is 0 Å². The molecule has 0 aliphatic rings. The highest BCUT2D eigenvalue weighted by Gasteiger charge is 2.06. The average molecular weight is 233 g/mol. The summed E-state index contributed by atoms with van der Waals surface area (Å²) < 4.78 is 0. The first-order valence-corrected chi connectivity index (χ1v) is 6.99. The molecule has 96 valence electrons. The van der Waals surface area contributed by atoms with Gasteiger partial charge in [0.1, 0.15) is 0 Å². The second-order valence-corrected chi connectivity index (χ2v) is 5.29. The zero-order valence-electron chi connectivity index (χ0n) is 11.6. The van der Waals surface area contributed by atoms with Crippen LogP contribution in [0.2, 0.25) is 0 Å². The number of rotatable bonds is 8. The SMILES string of the molecule is CCC(Cc1ccccc1)NCCCC(C)C. The maximum atomic E-state index is 3.67. The van der Waals surface area contributed by atoms with Crippen LogP contribution in [-0.4, -0.2) is 12.6 Å². The normalized spacial score (nSPS) is 12.9. The minimum absolute atomic E-state index is 0.629. The first-order chi connectivity index (χ1) is 8.22. The lowest BCUT2D eigenvalue weighted by Gasteiger charge is -2.17. The molecule has 0 saturated heterocycles. The van der Waals surface area contributed by atoms with Crippen LogP contribution in [0.15, 0.2) is 30.3 Å². The summed E-state index contributed by atoms with van der Waals surface area (Å²) in [7, 11) is 0. The third kappa shape index (κ3) is 6.48. The van der Waals surface area contributed by atoms with E-state index in [-0.39, 0.29) is 0 Å². The van der Waals surface area contributed by atoms with Crippen LogP contribution >= 0.6 is 0 Å². The van der Waals surface area contributed by atoms with Gasteiger partial charge in [-0.3, -0.25) is 0 Å². The zero-order chi connectivity index (χ0) is 12.5. The lowest BCUT2D eigenvalue weighted by molar-refractivity contribution is 0.460. The van der Waals surface area contributed by atoms with E-state index in [0.717, 1.165) is 18.9 Å². The van der Waals surface area contributed by atoms with Gasteiger partial charge in [0, 0.05) is 6.04 Å². The highest BCUT2D eigenvalue weighted by atomic mass is 14.9. The van der Waals surface area contributed by atoms with Crippen LogP contribution in [0.4, 0.5) is 0 Å². The van der Waals surface area contributed by atoms with E-state index in [4.69, 9.17) is 0 Å². The van der Waals surface area contributed by atoms with E-state index in [2.05, 4.69) is 56.4 Å². The molecule has 0 aliphatic carbocycles. The molecular weight excluding hydrogens is 206 g/mol. The molecule has 1 atom stereocenters. The number of hydrogen-bond donors (Lipinski definition) is 1. The Balaban J connectivity index is 2.24. The summed E-state index contributed by atoms with van der Waals surface area (Å²) in [5, 5.41) is 3.67. The molecule has 1 nitrogen and oxygen atoms in total. The van der Waals surface area contributed by atoms with Crippen molar-refractivity contribution in [2.45, 2.75) is 52.5 Å². The molecule has 0 bridgehead atoms. The van der Waals surface area contributed by atoms with Crippen molar-refractivity contribution in [3.05, 3.63) is 35.9 Å². The zero-order valence-corrected chi connectivity index (χ0v) is 11.6. The molecule has 1 heteroatoms. The first kappa shape index (κ1) is 14.2. The fraction of sp³-hybridized carbons (Fsp3) is 0.625. The Morgan fingerprint density at radius 2 is 1.82 bits per heavy atom. The summed E-state index contributed by atoms with van der Waals surface area (Å²) in [4.78, 5) is 0. The Morgan fingerprint density at radius 1 is 1.12 bits per heavy atom. The summed E-state index contributed by atoms with van der Waals surface area (Å²) in [6, 6.07) is 11.4. The van der Waals surface area contributed by atoms with Crippen molar-refractivity contribution in [3.8, 4) is 0 Å². The predicted molar refractivity (Wildman–Crippen MR) is 76.3 cm³/mol. The quantitative estimate of drug-likeness (QED) is 0.668. The van der Waals surface area contributed by atoms with E-state index in [1.165, 1.54) is 24.8 Å². The predicted octanol–water partition coefficient (Wildman–Crippen LogP) is 4.03. The Kier molecular flexibility index (Phi) is 6.95. The van der Waals surface area contributed by atoms with Gasteiger partial charge in [-0.05, 0) is 43.7 Å². The van der Waals surface area contributed by atoms with Crippen LogP contribution in [0.25, 0.3) is 0 Å². The molecule has 0 radical (unpaired) electrons. The summed E-state index contributed by atoms with van der Waals surface area (Å²) >= 11 is 0. The summed E-state index contributed by atoms with van der Waals surface area (Å²) in [6.45, 7) is 8.01. The van der Waals surface area contributed by atoms with Crippen molar-refractivity contribution in [2.75, 3.05) is 6.54 Å². The van der Waals surface area contributed by atoms with Crippen molar-refractivity contribution in [3.63, 3.8) is 0 Å². The van der Waals surface area contributed by atoms with Gasteiger partial charge in [-0.15, -0.1) is 0 Å². The van der Waals surface area contributed by atoms with Gasteiger partial charge < -0.3 is 5.32 Å². The molecule has 17 heavy (non-hydrogen) atoms. The fourth-order valence-electron chi connectivity index (χ4n) is 2.08. The lowest BCUT2D eigenvalue weighted by atomic mass is 10.0. The number of hydrogen-bond acceptors (Lipinski definition) is 1. The van der Waals surface area contributed by atoms with Crippen LogP contribution in [-0.2, 0) is 6.42 Å². The molecule has 0 saturated carbocycles. The van der Waals surface area contributed by atoms with Crippen molar-refractivity contribution < 1.29 is 0 Å². The molecule has 1 N–H and O–H groups in total. The van der Waals surface area contributed by atoms with Crippen LogP contribution in [0.1, 0.15) is 45.6 Å². The Bertz CT molecular complexity index is 279. The molecule has 0 fully saturated rings. The molecule has 0 aromatic heterocycles. The van der Waals surface area contributed by atoms with Crippen molar-refractivity contribution in [1.29, 1.82) is 0 Å². The smallest absolute Gasteiger partial charge is 0.0105 e. The molecule has 0 heterocycles. The van der Waals surface area contributed by atoms with Crippen molar-refractivity contribution >= 4 is 0 Å². The van der Waals surface area contributed by atoms with Gasteiger partial charge in [0.05, 0.1) is 0 Å². The average Bonchev–Trinajstić information content (AvgIpc) is 2.34. The summed E-state index contributed by atoms with van der Waals surface area (Å²) in [5.74, 6) is 0.825. The Morgan fingerprint density at radius 3 is 2.41 bits per heavy atom. The third-order valence-corrected chi connectivity index (χ3v) is 3.21. The minimum Gasteiger partial charge on any atom is -0.314 e. The fourth-order valence-corrected chi connectivity index (χ4v) is 2.08. The Hall–Kier alpha value is -0.820. The maximum Gasteiger partial charge on any atom is 0.0105 e. The highest BCUT2D eigenvalue weighted by molar-refractivity contribution is 5.15. The van der Waals surface area contributed by atoms with E-state index in [1.807, 2.05) is 0 Å². The second-order valence-electron chi connectivity index (χ2n) is 5.29. The molecule has 0 aliphatic heterocycles. The van der Waals surface area contributed by atoms with E-state index in [1.54, 1.807) is 0 Å². The monoisotopic (exact) mass is 233 g/mol. The van der Waals surface area contributed by atoms with Crippen LogP contribution < -0.4 is 5.32 Å². The molecule has 0 amide bonds. The van der Waals surface area contributed by atoms with E-state index < -0.39 is 0 Å². The summed E-state index contributed by atoms with van der Waals surface area (Å²) in [5.41, 5.74) is 1.44. The van der Waals surface area contributed by atoms with Gasteiger partial charge in [0.15, 0.2) is 0 Å². The van der Waals surface area contributed by atoms with Gasteiger partial charge in [0.2, 0.25) is 0 Å². The Labute approximate surface area is 107 Å².